The first-order valence-electron chi connectivity index (χ1n) is 7.01. The van der Waals surface area contributed by atoms with Gasteiger partial charge in [0.1, 0.15) is 12.0 Å². The molecule has 0 fully saturated rings. The summed E-state index contributed by atoms with van der Waals surface area (Å²) in [5, 5.41) is 12.2. The van der Waals surface area contributed by atoms with Crippen LogP contribution in [0.5, 0.6) is 5.75 Å². The minimum Gasteiger partial charge on any atom is -0.497 e. The van der Waals surface area contributed by atoms with Gasteiger partial charge in [-0.1, -0.05) is 12.1 Å². The zero-order chi connectivity index (χ0) is 16.4. The number of ether oxygens (including phenoxy) is 1. The molecule has 0 amide bonds. The predicted molar refractivity (Wildman–Crippen MR) is 86.7 cm³/mol. The largest absolute Gasteiger partial charge is 0.497 e. The van der Waals surface area contributed by atoms with Gasteiger partial charge in [-0.05, 0) is 29.8 Å². The third-order valence-corrected chi connectivity index (χ3v) is 3.73. The van der Waals surface area contributed by atoms with Gasteiger partial charge in [0, 0.05) is 23.4 Å². The van der Waals surface area contributed by atoms with Crippen LogP contribution in [0.4, 0.5) is 5.69 Å². The van der Waals surface area contributed by atoms with Gasteiger partial charge < -0.3 is 14.5 Å². The van der Waals surface area contributed by atoms with Gasteiger partial charge in [-0.3, -0.25) is 10.1 Å². The van der Waals surface area contributed by atoms with Crippen LogP contribution in [0.1, 0.15) is 5.56 Å². The summed E-state index contributed by atoms with van der Waals surface area (Å²) in [6.45, 7) is 0. The maximum absolute atomic E-state index is 11.4. The molecule has 0 saturated heterocycles. The number of hydrogen-bond acceptors (Lipinski definition) is 4. The average molecular weight is 310 g/mol. The lowest BCUT2D eigenvalue weighted by Crippen LogP contribution is -1.98. The molecule has 1 N–H and O–H groups in total. The van der Waals surface area contributed by atoms with Gasteiger partial charge >= 0.3 is 0 Å². The van der Waals surface area contributed by atoms with Crippen molar-refractivity contribution in [3.05, 3.63) is 58.1 Å². The Hall–Kier alpha value is -3.15. The van der Waals surface area contributed by atoms with E-state index in [1.54, 1.807) is 19.2 Å². The van der Waals surface area contributed by atoms with Gasteiger partial charge in [-0.15, -0.1) is 0 Å². The van der Waals surface area contributed by atoms with E-state index in [9.17, 15) is 14.9 Å². The number of aldehydes is 1. The summed E-state index contributed by atoms with van der Waals surface area (Å²) in [6.07, 6.45) is 0.865. The quantitative estimate of drug-likeness (QED) is 0.444. The highest BCUT2D eigenvalue weighted by atomic mass is 16.6. The number of nitro groups is 1. The first-order chi connectivity index (χ1) is 11.1. The third-order valence-electron chi connectivity index (χ3n) is 3.73. The maximum Gasteiger partial charge on any atom is 0.278 e. The first kappa shape index (κ1) is 14.8. The molecule has 6 nitrogen and oxygen atoms in total. The minimum absolute atomic E-state index is 0.0251. The van der Waals surface area contributed by atoms with Gasteiger partial charge in [0.2, 0.25) is 0 Å². The Bertz CT molecular complexity index is 899. The molecule has 0 saturated carbocycles. The zero-order valence-electron chi connectivity index (χ0n) is 12.4. The van der Waals surface area contributed by atoms with Crippen molar-refractivity contribution in [1.29, 1.82) is 0 Å². The molecule has 3 rings (SSSR count). The summed E-state index contributed by atoms with van der Waals surface area (Å²) in [4.78, 5) is 25.0. The number of nitrogens with zero attached hydrogens (tertiary/aromatic N) is 1. The fraction of sp³-hybridized carbons (Fsp3) is 0.118. The highest BCUT2D eigenvalue weighted by Crippen LogP contribution is 2.35. The number of nitrogens with one attached hydrogen (secondary N) is 1. The number of benzene rings is 2. The van der Waals surface area contributed by atoms with Crippen molar-refractivity contribution in [1.82, 2.24) is 4.98 Å². The second kappa shape index (κ2) is 5.92. The molecule has 0 bridgehead atoms. The number of nitro benzene ring substituents is 1. The fourth-order valence-corrected chi connectivity index (χ4v) is 2.68. The zero-order valence-corrected chi connectivity index (χ0v) is 12.4. The molecular weight excluding hydrogens is 296 g/mol. The fourth-order valence-electron chi connectivity index (χ4n) is 2.68. The van der Waals surface area contributed by atoms with Crippen LogP contribution in [0.25, 0.3) is 22.2 Å². The van der Waals surface area contributed by atoms with Crippen molar-refractivity contribution in [3.8, 4) is 17.0 Å². The molecule has 116 valence electrons. The lowest BCUT2D eigenvalue weighted by molar-refractivity contribution is -0.384. The van der Waals surface area contributed by atoms with Crippen LogP contribution in [0, 0.1) is 10.1 Å². The Morgan fingerprint density at radius 1 is 1.26 bits per heavy atom. The molecule has 2 aromatic carbocycles. The Balaban J connectivity index is 2.24. The summed E-state index contributed by atoms with van der Waals surface area (Å²) in [6, 6.07) is 12.1. The summed E-state index contributed by atoms with van der Waals surface area (Å²) in [5.41, 5.74) is 2.49. The molecular formula is C17H14N2O4. The second-order valence-electron chi connectivity index (χ2n) is 5.08. The normalized spacial score (nSPS) is 10.7. The molecule has 0 aliphatic heterocycles. The molecule has 0 radical (unpaired) electrons. The van der Waals surface area contributed by atoms with E-state index in [0.717, 1.165) is 17.2 Å². The standard InChI is InChI=1S/C17H14N2O4/c1-23-13-5-6-14-12(9-13)10-15(18-14)17-11(7-8-20)3-2-4-16(17)19(21)22/h2-6,8-10,18H,7H2,1H3. The van der Waals surface area contributed by atoms with Crippen LogP contribution in [0.2, 0.25) is 0 Å². The summed E-state index contributed by atoms with van der Waals surface area (Å²) in [7, 11) is 1.58. The smallest absolute Gasteiger partial charge is 0.278 e. The molecule has 0 aliphatic carbocycles. The number of carbonyl (C=O) groups is 1. The number of aromatic amines is 1. The van der Waals surface area contributed by atoms with Crippen LogP contribution in [0.15, 0.2) is 42.5 Å². The van der Waals surface area contributed by atoms with Crippen molar-refractivity contribution in [2.24, 2.45) is 0 Å². The molecule has 3 aromatic rings. The van der Waals surface area contributed by atoms with Crippen LogP contribution in [-0.4, -0.2) is 23.3 Å². The first-order valence-corrected chi connectivity index (χ1v) is 7.01. The molecule has 6 heteroatoms. The van der Waals surface area contributed by atoms with E-state index in [1.807, 2.05) is 24.3 Å². The Labute approximate surface area is 131 Å². The number of methoxy groups -OCH3 is 1. The number of aromatic nitrogens is 1. The molecule has 0 spiro atoms. The number of carbonyl (C=O) groups excluding carboxylic acids is 1. The third kappa shape index (κ3) is 2.66. The van der Waals surface area contributed by atoms with E-state index in [4.69, 9.17) is 4.74 Å². The minimum atomic E-state index is -0.435. The second-order valence-corrected chi connectivity index (χ2v) is 5.08. The topological polar surface area (TPSA) is 85.2 Å². The van der Waals surface area contributed by atoms with E-state index in [1.165, 1.54) is 6.07 Å². The highest BCUT2D eigenvalue weighted by Gasteiger charge is 2.20. The van der Waals surface area contributed by atoms with E-state index in [0.29, 0.717) is 22.6 Å². The van der Waals surface area contributed by atoms with E-state index >= 15 is 0 Å². The van der Waals surface area contributed by atoms with E-state index in [-0.39, 0.29) is 12.1 Å². The number of fused-ring (bicyclic) bond motifs is 1. The maximum atomic E-state index is 11.4. The van der Waals surface area contributed by atoms with Crippen molar-refractivity contribution >= 4 is 22.9 Å². The molecule has 1 heterocycles. The number of hydrogen-bond donors (Lipinski definition) is 1. The van der Waals surface area contributed by atoms with E-state index in [2.05, 4.69) is 4.98 Å². The molecule has 0 atom stereocenters. The van der Waals surface area contributed by atoms with Gasteiger partial charge in [-0.2, -0.15) is 0 Å². The van der Waals surface area contributed by atoms with E-state index < -0.39 is 4.92 Å². The highest BCUT2D eigenvalue weighted by molar-refractivity contribution is 5.90. The Morgan fingerprint density at radius 2 is 2.09 bits per heavy atom. The molecule has 1 aromatic heterocycles. The average Bonchev–Trinajstić information content (AvgIpc) is 2.97. The number of rotatable bonds is 5. The summed E-state index contributed by atoms with van der Waals surface area (Å²) in [5.74, 6) is 0.707. The predicted octanol–water partition coefficient (Wildman–Crippen LogP) is 3.49. The van der Waals surface area contributed by atoms with Crippen LogP contribution in [0.3, 0.4) is 0 Å². The van der Waals surface area contributed by atoms with Crippen LogP contribution < -0.4 is 4.74 Å². The Morgan fingerprint density at radius 3 is 2.78 bits per heavy atom. The van der Waals surface area contributed by atoms with Crippen LogP contribution >= 0.6 is 0 Å². The lowest BCUT2D eigenvalue weighted by Gasteiger charge is -2.06. The van der Waals surface area contributed by atoms with Crippen molar-refractivity contribution in [3.63, 3.8) is 0 Å². The Kier molecular flexibility index (Phi) is 3.80. The number of H-pyrrole nitrogens is 1. The van der Waals surface area contributed by atoms with Gasteiger partial charge in [0.25, 0.3) is 5.69 Å². The van der Waals surface area contributed by atoms with Crippen molar-refractivity contribution in [2.75, 3.05) is 7.11 Å². The lowest BCUT2D eigenvalue weighted by atomic mass is 10.00. The van der Waals surface area contributed by atoms with Crippen molar-refractivity contribution in [2.45, 2.75) is 6.42 Å². The molecule has 23 heavy (non-hydrogen) atoms. The summed E-state index contributed by atoms with van der Waals surface area (Å²) < 4.78 is 5.19. The molecule has 0 aliphatic rings. The monoisotopic (exact) mass is 310 g/mol. The van der Waals surface area contributed by atoms with Gasteiger partial charge in [0.15, 0.2) is 0 Å². The SMILES string of the molecule is COc1ccc2[nH]c(-c3c(CC=O)cccc3[N+](=O)[O-])cc2c1. The van der Waals surface area contributed by atoms with Crippen molar-refractivity contribution < 1.29 is 14.5 Å². The summed E-state index contributed by atoms with van der Waals surface area (Å²) >= 11 is 0. The molecule has 0 unspecified atom stereocenters. The van der Waals surface area contributed by atoms with Gasteiger partial charge in [0.05, 0.1) is 23.3 Å². The van der Waals surface area contributed by atoms with Crippen LogP contribution in [-0.2, 0) is 11.2 Å². The van der Waals surface area contributed by atoms with Gasteiger partial charge in [-0.25, -0.2) is 0 Å².